The van der Waals surface area contributed by atoms with Gasteiger partial charge in [0.15, 0.2) is 0 Å². The minimum Gasteiger partial charge on any atom is -0.372 e. The van der Waals surface area contributed by atoms with E-state index in [9.17, 15) is 0 Å². The van der Waals surface area contributed by atoms with Gasteiger partial charge in [-0.1, -0.05) is 0 Å². The maximum absolute atomic E-state index is 4.71. The fourth-order valence-corrected chi connectivity index (χ4v) is 4.98. The van der Waals surface area contributed by atoms with E-state index in [-0.39, 0.29) is 0 Å². The van der Waals surface area contributed by atoms with Gasteiger partial charge in [0.2, 0.25) is 0 Å². The summed E-state index contributed by atoms with van der Waals surface area (Å²) in [4.78, 5) is 14.3. The molecule has 1 aromatic carbocycles. The Balaban J connectivity index is 1.69. The zero-order valence-corrected chi connectivity index (χ0v) is 15.9. The lowest BCUT2D eigenvalue weighted by molar-refractivity contribution is 0.866. The van der Waals surface area contributed by atoms with E-state index in [1.165, 1.54) is 34.4 Å². The molecule has 4 rings (SSSR count). The van der Waals surface area contributed by atoms with Crippen molar-refractivity contribution in [2.24, 2.45) is 0 Å². The van der Waals surface area contributed by atoms with E-state index in [0.29, 0.717) is 0 Å². The summed E-state index contributed by atoms with van der Waals surface area (Å²) < 4.78 is 0. The second-order valence-corrected chi connectivity index (χ2v) is 7.58. The first-order valence-corrected chi connectivity index (χ1v) is 9.92. The molecule has 0 amide bonds. The van der Waals surface area contributed by atoms with Crippen molar-refractivity contribution in [1.29, 1.82) is 0 Å². The minimum atomic E-state index is 0.828. The van der Waals surface area contributed by atoms with E-state index < -0.39 is 0 Å². The molecule has 1 N–H and O–H groups in total. The second kappa shape index (κ2) is 6.64. The van der Waals surface area contributed by atoms with Gasteiger partial charge in [0, 0.05) is 29.3 Å². The highest BCUT2D eigenvalue weighted by atomic mass is 32.1. The zero-order chi connectivity index (χ0) is 17.4. The van der Waals surface area contributed by atoms with E-state index in [1.54, 1.807) is 0 Å². The molecular weight excluding hydrogens is 328 g/mol. The fourth-order valence-electron chi connectivity index (χ4n) is 3.67. The molecule has 0 spiro atoms. The number of aryl methyl sites for hydroxylation is 3. The van der Waals surface area contributed by atoms with E-state index in [0.717, 1.165) is 41.7 Å². The predicted octanol–water partition coefficient (Wildman–Crippen LogP) is 5.08. The Hall–Kier alpha value is -2.14. The molecule has 2 aromatic heterocycles. The molecule has 0 fully saturated rings. The Morgan fingerprint density at radius 2 is 1.84 bits per heavy atom. The van der Waals surface area contributed by atoms with Crippen LogP contribution < -0.4 is 10.2 Å². The molecule has 130 valence electrons. The van der Waals surface area contributed by atoms with Gasteiger partial charge in [0.25, 0.3) is 0 Å². The van der Waals surface area contributed by atoms with Crippen molar-refractivity contribution >= 4 is 38.7 Å². The normalized spacial score (nSPS) is 13.2. The quantitative estimate of drug-likeness (QED) is 0.695. The first-order chi connectivity index (χ1) is 12.2. The molecule has 0 aliphatic heterocycles. The largest absolute Gasteiger partial charge is 0.372 e. The topological polar surface area (TPSA) is 41.0 Å². The van der Waals surface area contributed by atoms with Gasteiger partial charge in [-0.2, -0.15) is 0 Å². The van der Waals surface area contributed by atoms with E-state index in [2.05, 4.69) is 53.3 Å². The Morgan fingerprint density at radius 1 is 1.08 bits per heavy atom. The van der Waals surface area contributed by atoms with Gasteiger partial charge in [-0.3, -0.25) is 0 Å². The van der Waals surface area contributed by atoms with Crippen LogP contribution in [0.2, 0.25) is 0 Å². The summed E-state index contributed by atoms with van der Waals surface area (Å²) >= 11 is 1.84. The van der Waals surface area contributed by atoms with Crippen molar-refractivity contribution in [3.63, 3.8) is 0 Å². The highest BCUT2D eigenvalue weighted by Crippen LogP contribution is 2.40. The Morgan fingerprint density at radius 3 is 2.56 bits per heavy atom. The molecule has 25 heavy (non-hydrogen) atoms. The second-order valence-electron chi connectivity index (χ2n) is 6.50. The highest BCUT2D eigenvalue weighted by molar-refractivity contribution is 7.19. The maximum Gasteiger partial charge on any atom is 0.143 e. The summed E-state index contributed by atoms with van der Waals surface area (Å²) in [5.41, 5.74) is 3.80. The van der Waals surface area contributed by atoms with Crippen molar-refractivity contribution in [3.05, 3.63) is 40.5 Å². The lowest BCUT2D eigenvalue weighted by Gasteiger charge is -2.21. The van der Waals surface area contributed by atoms with Gasteiger partial charge in [0.1, 0.15) is 16.5 Å². The van der Waals surface area contributed by atoms with Crippen LogP contribution in [0.25, 0.3) is 10.2 Å². The summed E-state index contributed by atoms with van der Waals surface area (Å²) in [7, 11) is 0. The Bertz CT molecular complexity index is 894. The molecule has 0 atom stereocenters. The highest BCUT2D eigenvalue weighted by Gasteiger charge is 2.21. The lowest BCUT2D eigenvalue weighted by Crippen LogP contribution is -2.21. The molecule has 0 bridgehead atoms. The molecule has 0 unspecified atom stereocenters. The Labute approximate surface area is 152 Å². The molecular formula is C20H24N4S. The third-order valence-electron chi connectivity index (χ3n) is 4.94. The molecule has 1 aliphatic rings. The minimum absolute atomic E-state index is 0.828. The van der Waals surface area contributed by atoms with Gasteiger partial charge in [0.05, 0.1) is 5.39 Å². The number of nitrogens with zero attached hydrogens (tertiary/aromatic N) is 3. The molecule has 5 heteroatoms. The number of anilines is 3. The molecule has 3 aromatic rings. The molecule has 0 radical (unpaired) electrons. The molecule has 2 heterocycles. The van der Waals surface area contributed by atoms with Crippen molar-refractivity contribution in [2.45, 2.75) is 40.0 Å². The monoisotopic (exact) mass is 352 g/mol. The third-order valence-corrected chi connectivity index (χ3v) is 6.12. The number of aromatic nitrogens is 2. The summed E-state index contributed by atoms with van der Waals surface area (Å²) in [5, 5.41) is 4.78. The summed E-state index contributed by atoms with van der Waals surface area (Å²) in [6.45, 7) is 8.39. The molecule has 0 saturated carbocycles. The molecule has 4 nitrogen and oxygen atoms in total. The third kappa shape index (κ3) is 2.97. The predicted molar refractivity (Wildman–Crippen MR) is 107 cm³/mol. The van der Waals surface area contributed by atoms with Crippen LogP contribution in [0.1, 0.15) is 36.5 Å². The summed E-state index contributed by atoms with van der Waals surface area (Å²) in [5.74, 6) is 1.78. The van der Waals surface area contributed by atoms with Crippen LogP contribution in [-0.4, -0.2) is 23.1 Å². The number of thiophene rings is 1. The number of fused-ring (bicyclic) bond motifs is 3. The first-order valence-electron chi connectivity index (χ1n) is 9.10. The number of hydrogen-bond donors (Lipinski definition) is 1. The van der Waals surface area contributed by atoms with Crippen molar-refractivity contribution < 1.29 is 0 Å². The SMILES string of the molecule is CCN(CC)c1ccc(Nc2nc(C)nc3sc4c(c23)CCC4)cc1. The van der Waals surface area contributed by atoms with Gasteiger partial charge in [-0.25, -0.2) is 9.97 Å². The van der Waals surface area contributed by atoms with E-state index >= 15 is 0 Å². The van der Waals surface area contributed by atoms with Crippen molar-refractivity contribution in [3.8, 4) is 0 Å². The average molecular weight is 353 g/mol. The van der Waals surface area contributed by atoms with Crippen LogP contribution >= 0.6 is 11.3 Å². The van der Waals surface area contributed by atoms with E-state index in [4.69, 9.17) is 4.98 Å². The van der Waals surface area contributed by atoms with Gasteiger partial charge < -0.3 is 10.2 Å². The maximum atomic E-state index is 4.71. The zero-order valence-electron chi connectivity index (χ0n) is 15.1. The van der Waals surface area contributed by atoms with Gasteiger partial charge >= 0.3 is 0 Å². The van der Waals surface area contributed by atoms with Crippen LogP contribution in [0.5, 0.6) is 0 Å². The number of benzene rings is 1. The standard InChI is InChI=1S/C20H24N4S/c1-4-24(5-2)15-11-9-14(10-12-15)23-19-18-16-7-6-8-17(16)25-20(18)22-13(3)21-19/h9-12H,4-8H2,1-3H3,(H,21,22,23). The first kappa shape index (κ1) is 16.3. The average Bonchev–Trinajstić information content (AvgIpc) is 3.17. The van der Waals surface area contributed by atoms with Gasteiger partial charge in [-0.15, -0.1) is 11.3 Å². The van der Waals surface area contributed by atoms with Crippen LogP contribution in [0, 0.1) is 6.92 Å². The van der Waals surface area contributed by atoms with Crippen LogP contribution in [0.4, 0.5) is 17.2 Å². The number of nitrogens with one attached hydrogen (secondary N) is 1. The molecule has 1 aliphatic carbocycles. The fraction of sp³-hybridized carbons (Fsp3) is 0.400. The smallest absolute Gasteiger partial charge is 0.143 e. The summed E-state index contributed by atoms with van der Waals surface area (Å²) in [6, 6.07) is 8.64. The summed E-state index contributed by atoms with van der Waals surface area (Å²) in [6.07, 6.45) is 3.59. The van der Waals surface area contributed by atoms with Crippen LogP contribution in [0.15, 0.2) is 24.3 Å². The van der Waals surface area contributed by atoms with Crippen molar-refractivity contribution in [1.82, 2.24) is 9.97 Å². The Kier molecular flexibility index (Phi) is 4.34. The van der Waals surface area contributed by atoms with Crippen LogP contribution in [-0.2, 0) is 12.8 Å². The molecule has 0 saturated heterocycles. The lowest BCUT2D eigenvalue weighted by atomic mass is 10.2. The number of rotatable bonds is 5. The van der Waals surface area contributed by atoms with E-state index in [1.807, 2.05) is 18.3 Å². The van der Waals surface area contributed by atoms with Crippen LogP contribution in [0.3, 0.4) is 0 Å². The van der Waals surface area contributed by atoms with Gasteiger partial charge in [-0.05, 0) is 69.9 Å². The van der Waals surface area contributed by atoms with Crippen molar-refractivity contribution in [2.75, 3.05) is 23.3 Å². The number of hydrogen-bond acceptors (Lipinski definition) is 5.